The lowest BCUT2D eigenvalue weighted by Gasteiger charge is -1.93. The Morgan fingerprint density at radius 1 is 1.46 bits per heavy atom. The summed E-state index contributed by atoms with van der Waals surface area (Å²) < 4.78 is 12.9. The third-order valence-electron chi connectivity index (χ3n) is 1.37. The first kappa shape index (κ1) is 10.6. The minimum Gasteiger partial charge on any atom is -0.205 e. The molecule has 68 valence electrons. The fourth-order valence-corrected chi connectivity index (χ4v) is 1.10. The van der Waals surface area contributed by atoms with E-state index in [1.54, 1.807) is 6.07 Å². The Bertz CT molecular complexity index is 352. The fourth-order valence-electron chi connectivity index (χ4n) is 0.786. The van der Waals surface area contributed by atoms with E-state index in [0.29, 0.717) is 5.56 Å². The number of benzene rings is 1. The highest BCUT2D eigenvalue weighted by molar-refractivity contribution is 9.09. The van der Waals surface area contributed by atoms with Crippen molar-refractivity contribution < 1.29 is 4.39 Å². The summed E-state index contributed by atoms with van der Waals surface area (Å²) in [6.07, 6.45) is 0.754. The number of halogens is 3. The van der Waals surface area contributed by atoms with E-state index in [4.69, 9.17) is 11.6 Å². The van der Waals surface area contributed by atoms with E-state index in [-0.39, 0.29) is 5.02 Å². The Hall–Kier alpha value is -0.520. The second kappa shape index (κ2) is 5.26. The summed E-state index contributed by atoms with van der Waals surface area (Å²) in [6, 6.07) is 4.55. The molecule has 0 bridgehead atoms. The van der Waals surface area contributed by atoms with Crippen LogP contribution >= 0.6 is 27.5 Å². The van der Waals surface area contributed by atoms with Gasteiger partial charge in [0.25, 0.3) is 0 Å². The first-order valence-electron chi connectivity index (χ1n) is 3.74. The molecule has 0 aliphatic heterocycles. The zero-order chi connectivity index (χ0) is 9.68. The molecule has 0 aromatic heterocycles. The summed E-state index contributed by atoms with van der Waals surface area (Å²) in [6.45, 7) is 0. The Morgan fingerprint density at radius 3 is 2.85 bits per heavy atom. The third-order valence-corrected chi connectivity index (χ3v) is 2.07. The highest BCUT2D eigenvalue weighted by Crippen LogP contribution is 2.14. The first-order chi connectivity index (χ1) is 6.24. The van der Waals surface area contributed by atoms with Crippen LogP contribution in [0.25, 0.3) is 0 Å². The van der Waals surface area contributed by atoms with E-state index < -0.39 is 5.82 Å². The van der Waals surface area contributed by atoms with Crippen molar-refractivity contribution in [1.29, 1.82) is 0 Å². The van der Waals surface area contributed by atoms with Gasteiger partial charge in [0, 0.05) is 17.3 Å². The van der Waals surface area contributed by atoms with Crippen molar-refractivity contribution in [2.24, 2.45) is 0 Å². The standard InChI is InChI=1S/C10H7BrClF/c11-6-2-1-3-8-4-5-9(12)10(13)7-8/h4-5,7H,2,6H2. The summed E-state index contributed by atoms with van der Waals surface area (Å²) in [5.74, 6) is 5.30. The lowest BCUT2D eigenvalue weighted by atomic mass is 10.2. The fraction of sp³-hybridized carbons (Fsp3) is 0.200. The van der Waals surface area contributed by atoms with Crippen LogP contribution in [0.4, 0.5) is 4.39 Å². The molecule has 0 aliphatic carbocycles. The molecule has 1 rings (SSSR count). The minimum absolute atomic E-state index is 0.131. The number of hydrogen-bond acceptors (Lipinski definition) is 0. The Balaban J connectivity index is 2.81. The van der Waals surface area contributed by atoms with Crippen LogP contribution in [0, 0.1) is 17.7 Å². The van der Waals surface area contributed by atoms with Gasteiger partial charge in [-0.1, -0.05) is 39.4 Å². The first-order valence-corrected chi connectivity index (χ1v) is 5.24. The van der Waals surface area contributed by atoms with Gasteiger partial charge in [-0.3, -0.25) is 0 Å². The Kier molecular flexibility index (Phi) is 4.27. The van der Waals surface area contributed by atoms with Gasteiger partial charge >= 0.3 is 0 Å². The van der Waals surface area contributed by atoms with Crippen LogP contribution in [-0.2, 0) is 0 Å². The van der Waals surface area contributed by atoms with E-state index in [2.05, 4.69) is 27.8 Å². The van der Waals surface area contributed by atoms with Crippen molar-refractivity contribution in [2.75, 3.05) is 5.33 Å². The zero-order valence-corrected chi connectivity index (χ0v) is 9.12. The van der Waals surface area contributed by atoms with E-state index in [1.165, 1.54) is 12.1 Å². The lowest BCUT2D eigenvalue weighted by Crippen LogP contribution is -1.79. The molecule has 3 heteroatoms. The molecule has 0 N–H and O–H groups in total. The molecule has 0 unspecified atom stereocenters. The molecule has 1 aromatic rings. The van der Waals surface area contributed by atoms with Crippen LogP contribution in [0.1, 0.15) is 12.0 Å². The minimum atomic E-state index is -0.424. The number of rotatable bonds is 1. The van der Waals surface area contributed by atoms with Gasteiger partial charge < -0.3 is 0 Å². The van der Waals surface area contributed by atoms with E-state index in [0.717, 1.165) is 11.8 Å². The average molecular weight is 262 g/mol. The Morgan fingerprint density at radius 2 is 2.23 bits per heavy atom. The van der Waals surface area contributed by atoms with Crippen molar-refractivity contribution >= 4 is 27.5 Å². The van der Waals surface area contributed by atoms with Crippen molar-refractivity contribution in [2.45, 2.75) is 6.42 Å². The molecular weight excluding hydrogens is 254 g/mol. The van der Waals surface area contributed by atoms with Gasteiger partial charge in [0.1, 0.15) is 5.82 Å². The third kappa shape index (κ3) is 3.38. The topological polar surface area (TPSA) is 0 Å². The second-order valence-electron chi connectivity index (χ2n) is 2.37. The van der Waals surface area contributed by atoms with Gasteiger partial charge in [-0.25, -0.2) is 4.39 Å². The van der Waals surface area contributed by atoms with Crippen LogP contribution < -0.4 is 0 Å². The summed E-state index contributed by atoms with van der Waals surface area (Å²) in [5, 5.41) is 0.960. The van der Waals surface area contributed by atoms with Crippen LogP contribution in [0.3, 0.4) is 0 Å². The molecule has 0 aliphatic rings. The van der Waals surface area contributed by atoms with Gasteiger partial charge in [-0.05, 0) is 18.2 Å². The molecule has 1 aromatic carbocycles. The maximum absolute atomic E-state index is 12.9. The van der Waals surface area contributed by atoms with Crippen molar-refractivity contribution in [3.63, 3.8) is 0 Å². The van der Waals surface area contributed by atoms with Gasteiger partial charge in [0.2, 0.25) is 0 Å². The molecule has 0 atom stereocenters. The molecule has 0 radical (unpaired) electrons. The van der Waals surface area contributed by atoms with Crippen LogP contribution in [-0.4, -0.2) is 5.33 Å². The molecule has 0 nitrogen and oxygen atoms in total. The molecule has 0 saturated carbocycles. The van der Waals surface area contributed by atoms with E-state index >= 15 is 0 Å². The lowest BCUT2D eigenvalue weighted by molar-refractivity contribution is 0.628. The molecule has 0 heterocycles. The Labute approximate surface area is 90.2 Å². The van der Waals surface area contributed by atoms with Gasteiger partial charge in [-0.15, -0.1) is 0 Å². The predicted octanol–water partition coefficient (Wildman–Crippen LogP) is 3.62. The quantitative estimate of drug-likeness (QED) is 0.535. The van der Waals surface area contributed by atoms with Crippen LogP contribution in [0.2, 0.25) is 5.02 Å². The summed E-state index contributed by atoms with van der Waals surface area (Å²) in [4.78, 5) is 0. The molecule has 13 heavy (non-hydrogen) atoms. The van der Waals surface area contributed by atoms with Crippen LogP contribution in [0.5, 0.6) is 0 Å². The largest absolute Gasteiger partial charge is 0.205 e. The summed E-state index contributed by atoms with van der Waals surface area (Å²) in [7, 11) is 0. The zero-order valence-electron chi connectivity index (χ0n) is 6.78. The molecule has 0 spiro atoms. The van der Waals surface area contributed by atoms with Gasteiger partial charge in [-0.2, -0.15) is 0 Å². The number of alkyl halides is 1. The maximum atomic E-state index is 12.9. The smallest absolute Gasteiger partial charge is 0.143 e. The normalized spacial score (nSPS) is 9.15. The van der Waals surface area contributed by atoms with E-state index in [1.807, 2.05) is 0 Å². The molecule has 0 saturated heterocycles. The van der Waals surface area contributed by atoms with Gasteiger partial charge in [0.05, 0.1) is 5.02 Å². The van der Waals surface area contributed by atoms with Crippen LogP contribution in [0.15, 0.2) is 18.2 Å². The van der Waals surface area contributed by atoms with Gasteiger partial charge in [0.15, 0.2) is 0 Å². The van der Waals surface area contributed by atoms with E-state index in [9.17, 15) is 4.39 Å². The van der Waals surface area contributed by atoms with Crippen molar-refractivity contribution in [3.05, 3.63) is 34.6 Å². The monoisotopic (exact) mass is 260 g/mol. The summed E-state index contributed by atoms with van der Waals surface area (Å²) in [5.41, 5.74) is 0.655. The number of hydrogen-bond donors (Lipinski definition) is 0. The van der Waals surface area contributed by atoms with Crippen molar-refractivity contribution in [1.82, 2.24) is 0 Å². The average Bonchev–Trinajstić information content (AvgIpc) is 2.12. The second-order valence-corrected chi connectivity index (χ2v) is 3.57. The van der Waals surface area contributed by atoms with Crippen molar-refractivity contribution in [3.8, 4) is 11.8 Å². The maximum Gasteiger partial charge on any atom is 0.143 e. The highest BCUT2D eigenvalue weighted by atomic mass is 79.9. The highest BCUT2D eigenvalue weighted by Gasteiger charge is 1.97. The molecular formula is C10H7BrClF. The predicted molar refractivity (Wildman–Crippen MR) is 56.7 cm³/mol. The summed E-state index contributed by atoms with van der Waals surface area (Å²) >= 11 is 8.76. The SMILES string of the molecule is Fc1cc(C#CCCBr)ccc1Cl. The molecule has 0 fully saturated rings. The molecule has 0 amide bonds.